The van der Waals surface area contributed by atoms with Gasteiger partial charge in [0.1, 0.15) is 11.2 Å². The van der Waals surface area contributed by atoms with Crippen molar-refractivity contribution in [1.82, 2.24) is 0 Å². The van der Waals surface area contributed by atoms with Gasteiger partial charge in [-0.05, 0) is 92.5 Å². The smallest absolute Gasteiger partial charge is 0.136 e. The van der Waals surface area contributed by atoms with E-state index in [0.717, 1.165) is 44.4 Å². The van der Waals surface area contributed by atoms with Crippen molar-refractivity contribution in [2.24, 2.45) is 0 Å². The normalized spacial score (nSPS) is 13.3. The second-order valence-corrected chi connectivity index (χ2v) is 13.8. The van der Waals surface area contributed by atoms with Crippen LogP contribution in [0.1, 0.15) is 25.0 Å². The Labute approximate surface area is 285 Å². The molecule has 0 fully saturated rings. The number of furan rings is 1. The summed E-state index contributed by atoms with van der Waals surface area (Å²) in [5, 5.41) is 7.08. The molecule has 0 saturated heterocycles. The third-order valence-electron chi connectivity index (χ3n) is 10.6. The Kier molecular flexibility index (Phi) is 5.95. The zero-order valence-electron chi connectivity index (χ0n) is 27.4. The van der Waals surface area contributed by atoms with E-state index in [2.05, 4.69) is 176 Å². The van der Waals surface area contributed by atoms with Crippen LogP contribution in [0.5, 0.6) is 0 Å². The van der Waals surface area contributed by atoms with Crippen molar-refractivity contribution in [3.63, 3.8) is 0 Å². The van der Waals surface area contributed by atoms with E-state index in [1.54, 1.807) is 0 Å². The fourth-order valence-corrected chi connectivity index (χ4v) is 8.18. The fourth-order valence-electron chi connectivity index (χ4n) is 8.18. The summed E-state index contributed by atoms with van der Waals surface area (Å²) in [4.78, 5) is 2.46. The molecule has 0 unspecified atom stereocenters. The van der Waals surface area contributed by atoms with Crippen LogP contribution in [0.4, 0.5) is 17.1 Å². The van der Waals surface area contributed by atoms with Crippen LogP contribution in [-0.4, -0.2) is 0 Å². The molecule has 0 N–H and O–H groups in total. The van der Waals surface area contributed by atoms with E-state index in [1.165, 1.54) is 49.5 Å². The van der Waals surface area contributed by atoms with Crippen LogP contribution in [0.3, 0.4) is 0 Å². The van der Waals surface area contributed by atoms with Crippen molar-refractivity contribution in [2.45, 2.75) is 19.3 Å². The highest BCUT2D eigenvalue weighted by atomic mass is 16.3. The second-order valence-electron chi connectivity index (χ2n) is 13.8. The van der Waals surface area contributed by atoms with Gasteiger partial charge in [0.25, 0.3) is 0 Å². The molecule has 2 heteroatoms. The lowest BCUT2D eigenvalue weighted by atomic mass is 9.82. The molecule has 1 aliphatic rings. The van der Waals surface area contributed by atoms with Crippen molar-refractivity contribution < 1.29 is 4.42 Å². The van der Waals surface area contributed by atoms with Gasteiger partial charge in [0.05, 0.1) is 11.4 Å². The molecule has 0 spiro atoms. The minimum Gasteiger partial charge on any atom is -0.456 e. The highest BCUT2D eigenvalue weighted by Gasteiger charge is 2.36. The highest BCUT2D eigenvalue weighted by Crippen LogP contribution is 2.52. The first-order chi connectivity index (χ1) is 24.0. The number of fused-ring (bicyclic) bond motifs is 8. The van der Waals surface area contributed by atoms with Gasteiger partial charge < -0.3 is 9.32 Å². The second kappa shape index (κ2) is 10.4. The molecule has 1 aromatic heterocycles. The van der Waals surface area contributed by atoms with Gasteiger partial charge in [0.2, 0.25) is 0 Å². The van der Waals surface area contributed by atoms with E-state index in [4.69, 9.17) is 4.42 Å². The molecule has 0 saturated carbocycles. The maximum Gasteiger partial charge on any atom is 0.136 e. The Morgan fingerprint density at radius 3 is 2.06 bits per heavy atom. The molecule has 0 aliphatic heterocycles. The molecule has 232 valence electrons. The minimum absolute atomic E-state index is 0.120. The minimum atomic E-state index is -0.120. The topological polar surface area (TPSA) is 16.4 Å². The molecule has 9 aromatic rings. The molecule has 0 bridgehead atoms. The van der Waals surface area contributed by atoms with Gasteiger partial charge in [0, 0.05) is 32.8 Å². The Morgan fingerprint density at radius 1 is 0.429 bits per heavy atom. The number of anilines is 3. The average Bonchev–Trinajstić information content (AvgIpc) is 3.62. The Hall–Kier alpha value is -6.12. The van der Waals surface area contributed by atoms with E-state index in [1.807, 2.05) is 6.07 Å². The van der Waals surface area contributed by atoms with Gasteiger partial charge in [-0.25, -0.2) is 0 Å². The first-order valence-electron chi connectivity index (χ1n) is 17.0. The summed E-state index contributed by atoms with van der Waals surface area (Å²) >= 11 is 0. The lowest BCUT2D eigenvalue weighted by Crippen LogP contribution is -2.17. The van der Waals surface area contributed by atoms with Crippen LogP contribution < -0.4 is 4.90 Å². The maximum atomic E-state index is 6.45. The third kappa shape index (κ3) is 4.20. The number of hydrogen-bond donors (Lipinski definition) is 0. The summed E-state index contributed by atoms with van der Waals surface area (Å²) in [6.07, 6.45) is 0. The maximum absolute atomic E-state index is 6.45. The molecule has 10 rings (SSSR count). The van der Waals surface area contributed by atoms with Crippen LogP contribution in [-0.2, 0) is 5.41 Å². The van der Waals surface area contributed by atoms with Crippen LogP contribution in [0, 0.1) is 0 Å². The Balaban J connectivity index is 1.25. The molecule has 0 amide bonds. The third-order valence-corrected chi connectivity index (χ3v) is 10.6. The zero-order chi connectivity index (χ0) is 32.7. The van der Waals surface area contributed by atoms with Crippen LogP contribution in [0.25, 0.3) is 65.7 Å². The Morgan fingerprint density at radius 2 is 1.14 bits per heavy atom. The first-order valence-corrected chi connectivity index (χ1v) is 17.0. The van der Waals surface area contributed by atoms with Gasteiger partial charge in [-0.15, -0.1) is 0 Å². The molecule has 2 nitrogen and oxygen atoms in total. The number of hydrogen-bond acceptors (Lipinski definition) is 2. The van der Waals surface area contributed by atoms with E-state index in [0.29, 0.717) is 0 Å². The molecule has 49 heavy (non-hydrogen) atoms. The average molecular weight is 628 g/mol. The Bertz CT molecular complexity index is 2770. The van der Waals surface area contributed by atoms with Gasteiger partial charge in [-0.3, -0.25) is 0 Å². The summed E-state index contributed by atoms with van der Waals surface area (Å²) in [5.41, 5.74) is 12.8. The van der Waals surface area contributed by atoms with Crippen LogP contribution in [0.2, 0.25) is 0 Å². The van der Waals surface area contributed by atoms with E-state index in [-0.39, 0.29) is 5.41 Å². The molecule has 1 aliphatic carbocycles. The van der Waals surface area contributed by atoms with Crippen molar-refractivity contribution in [1.29, 1.82) is 0 Å². The highest BCUT2D eigenvalue weighted by molar-refractivity contribution is 6.13. The van der Waals surface area contributed by atoms with E-state index in [9.17, 15) is 0 Å². The van der Waals surface area contributed by atoms with Crippen molar-refractivity contribution in [2.75, 3.05) is 4.90 Å². The number of para-hydroxylation sites is 2. The van der Waals surface area contributed by atoms with Crippen molar-refractivity contribution in [3.8, 4) is 22.3 Å². The first kappa shape index (κ1) is 27.9. The number of rotatable bonds is 4. The van der Waals surface area contributed by atoms with Gasteiger partial charge >= 0.3 is 0 Å². The lowest BCUT2D eigenvalue weighted by molar-refractivity contribution is 0.660. The standard InChI is InChI=1S/C47H33NO/c1-47(2)41-18-8-5-16-36(41)37-25-24-34(28-42(37)47)48(43-19-9-6-15-35(43)33-23-22-30-12-3-4-13-31(30)26-33)44-20-11-14-32-27-40-38-17-7-10-21-45(38)49-46(40)29-39(32)44/h3-29H,1-2H3. The lowest BCUT2D eigenvalue weighted by Gasteiger charge is -2.30. The molecule has 1 heterocycles. The molecular weight excluding hydrogens is 595 g/mol. The van der Waals surface area contributed by atoms with E-state index < -0.39 is 0 Å². The number of nitrogens with zero attached hydrogens (tertiary/aromatic N) is 1. The molecule has 0 radical (unpaired) electrons. The summed E-state index contributed by atoms with van der Waals surface area (Å²) in [7, 11) is 0. The number of benzene rings is 8. The molecule has 8 aromatic carbocycles. The van der Waals surface area contributed by atoms with Crippen molar-refractivity contribution in [3.05, 3.63) is 175 Å². The van der Waals surface area contributed by atoms with Crippen LogP contribution >= 0.6 is 0 Å². The van der Waals surface area contributed by atoms with Gasteiger partial charge in [-0.2, -0.15) is 0 Å². The predicted octanol–water partition coefficient (Wildman–Crippen LogP) is 13.3. The quantitative estimate of drug-likeness (QED) is 0.193. The summed E-state index contributed by atoms with van der Waals surface area (Å²) in [6.45, 7) is 4.70. The van der Waals surface area contributed by atoms with Crippen molar-refractivity contribution >= 4 is 60.5 Å². The zero-order valence-corrected chi connectivity index (χ0v) is 27.4. The predicted molar refractivity (Wildman–Crippen MR) is 206 cm³/mol. The molecule has 0 atom stereocenters. The van der Waals surface area contributed by atoms with Gasteiger partial charge in [-0.1, -0.05) is 129 Å². The summed E-state index contributed by atoms with van der Waals surface area (Å²) in [6, 6.07) is 59.6. The van der Waals surface area contributed by atoms with E-state index >= 15 is 0 Å². The summed E-state index contributed by atoms with van der Waals surface area (Å²) < 4.78 is 6.45. The van der Waals surface area contributed by atoms with Gasteiger partial charge in [0.15, 0.2) is 0 Å². The summed E-state index contributed by atoms with van der Waals surface area (Å²) in [5.74, 6) is 0. The SMILES string of the molecule is CC1(C)c2ccccc2-c2ccc(N(c3ccccc3-c3ccc4ccccc4c3)c3cccc4cc5c(cc34)oc3ccccc35)cc21. The largest absolute Gasteiger partial charge is 0.456 e. The fraction of sp³-hybridized carbons (Fsp3) is 0.0638. The monoisotopic (exact) mass is 627 g/mol. The van der Waals surface area contributed by atoms with Crippen LogP contribution in [0.15, 0.2) is 168 Å². The molecular formula is C47H33NO.